The number of unbranched alkanes of at least 4 members (excludes halogenated alkanes) is 1. The number of hydrogen-bond donors (Lipinski definition) is 1. The van der Waals surface area contributed by atoms with Gasteiger partial charge in [0.15, 0.2) is 5.78 Å². The van der Waals surface area contributed by atoms with Gasteiger partial charge in [0.1, 0.15) is 5.75 Å². The molecule has 1 aliphatic heterocycles. The monoisotopic (exact) mass is 364 g/mol. The molecular weight excluding hydrogens is 336 g/mol. The topological polar surface area (TPSA) is 41.6 Å². The van der Waals surface area contributed by atoms with Crippen LogP contribution in [0.4, 0.5) is 0 Å². The number of carbonyl (C=O) groups excluding carboxylic acids is 1. The molecule has 3 rings (SSSR count). The first-order valence-corrected chi connectivity index (χ1v) is 9.75. The summed E-state index contributed by atoms with van der Waals surface area (Å²) in [5.74, 6) is 0.893. The fourth-order valence-corrected chi connectivity index (χ4v) is 3.11. The number of rotatable bonds is 9. The molecule has 0 amide bonds. The predicted molar refractivity (Wildman–Crippen MR) is 110 cm³/mol. The molecule has 0 aliphatic carbocycles. The van der Waals surface area contributed by atoms with Crippen LogP contribution in [-0.4, -0.2) is 50.0 Å². The Morgan fingerprint density at radius 1 is 1.00 bits per heavy atom. The van der Waals surface area contributed by atoms with E-state index < -0.39 is 0 Å². The van der Waals surface area contributed by atoms with Crippen molar-refractivity contribution in [1.29, 1.82) is 0 Å². The Labute approximate surface area is 161 Å². The minimum Gasteiger partial charge on any atom is -0.494 e. The summed E-state index contributed by atoms with van der Waals surface area (Å²) in [6, 6.07) is 17.2. The van der Waals surface area contributed by atoms with Crippen LogP contribution in [0.5, 0.6) is 5.75 Å². The first-order valence-electron chi connectivity index (χ1n) is 9.75. The summed E-state index contributed by atoms with van der Waals surface area (Å²) < 4.78 is 5.82. The Morgan fingerprint density at radius 3 is 2.48 bits per heavy atom. The van der Waals surface area contributed by atoms with E-state index in [4.69, 9.17) is 4.74 Å². The summed E-state index contributed by atoms with van der Waals surface area (Å²) >= 11 is 0. The third-order valence-electron chi connectivity index (χ3n) is 4.71. The zero-order valence-corrected chi connectivity index (χ0v) is 15.8. The summed E-state index contributed by atoms with van der Waals surface area (Å²) in [5, 5.41) is 3.38. The van der Waals surface area contributed by atoms with E-state index in [-0.39, 0.29) is 5.78 Å². The van der Waals surface area contributed by atoms with E-state index >= 15 is 0 Å². The highest BCUT2D eigenvalue weighted by atomic mass is 16.5. The number of carbonyl (C=O) groups is 1. The molecular formula is C23H28N2O2. The molecule has 1 fully saturated rings. The summed E-state index contributed by atoms with van der Waals surface area (Å²) in [6.07, 6.45) is 5.69. The van der Waals surface area contributed by atoms with E-state index in [9.17, 15) is 4.79 Å². The van der Waals surface area contributed by atoms with Crippen LogP contribution in [0, 0.1) is 0 Å². The van der Waals surface area contributed by atoms with Gasteiger partial charge in [-0.2, -0.15) is 0 Å². The Bertz CT molecular complexity index is 720. The van der Waals surface area contributed by atoms with Gasteiger partial charge in [-0.3, -0.25) is 4.79 Å². The Balaban J connectivity index is 1.37. The van der Waals surface area contributed by atoms with E-state index in [0.717, 1.165) is 57.1 Å². The Hall–Kier alpha value is -2.43. The van der Waals surface area contributed by atoms with E-state index in [0.29, 0.717) is 5.56 Å². The third-order valence-corrected chi connectivity index (χ3v) is 4.71. The molecule has 0 atom stereocenters. The van der Waals surface area contributed by atoms with Gasteiger partial charge in [-0.05, 0) is 43.2 Å². The van der Waals surface area contributed by atoms with Crippen molar-refractivity contribution in [1.82, 2.24) is 10.2 Å². The van der Waals surface area contributed by atoms with Crippen LogP contribution in [0.25, 0.3) is 6.08 Å². The van der Waals surface area contributed by atoms with Crippen molar-refractivity contribution in [2.24, 2.45) is 0 Å². The maximum Gasteiger partial charge on any atom is 0.185 e. The van der Waals surface area contributed by atoms with Gasteiger partial charge in [-0.25, -0.2) is 0 Å². The highest BCUT2D eigenvalue weighted by Crippen LogP contribution is 2.14. The minimum atomic E-state index is 0.0143. The molecule has 0 saturated carbocycles. The minimum absolute atomic E-state index is 0.0143. The van der Waals surface area contributed by atoms with Crippen molar-refractivity contribution < 1.29 is 9.53 Å². The number of allylic oxidation sites excluding steroid dienone is 1. The van der Waals surface area contributed by atoms with E-state index in [2.05, 4.69) is 10.2 Å². The van der Waals surface area contributed by atoms with Gasteiger partial charge in [0.05, 0.1) is 6.61 Å². The smallest absolute Gasteiger partial charge is 0.185 e. The number of ketones is 1. The second-order valence-electron chi connectivity index (χ2n) is 6.78. The van der Waals surface area contributed by atoms with Gasteiger partial charge in [0, 0.05) is 31.7 Å². The van der Waals surface area contributed by atoms with Crippen molar-refractivity contribution >= 4 is 11.9 Å². The molecule has 4 nitrogen and oxygen atoms in total. The highest BCUT2D eigenvalue weighted by Gasteiger charge is 2.08. The lowest BCUT2D eigenvalue weighted by Gasteiger charge is -2.26. The lowest BCUT2D eigenvalue weighted by atomic mass is 10.1. The highest BCUT2D eigenvalue weighted by molar-refractivity contribution is 6.06. The number of ether oxygens (including phenoxy) is 1. The number of benzene rings is 2. The second-order valence-corrected chi connectivity index (χ2v) is 6.78. The lowest BCUT2D eigenvalue weighted by Crippen LogP contribution is -2.43. The Morgan fingerprint density at radius 2 is 1.74 bits per heavy atom. The SMILES string of the molecule is O=C(/C=C/c1ccc(OCCCCN2CCNCC2)cc1)c1ccccc1. The molecule has 0 spiro atoms. The largest absolute Gasteiger partial charge is 0.494 e. The van der Waals surface area contributed by atoms with E-state index in [1.165, 1.54) is 6.42 Å². The van der Waals surface area contributed by atoms with Gasteiger partial charge in [-0.15, -0.1) is 0 Å². The number of piperazine rings is 1. The number of hydrogen-bond acceptors (Lipinski definition) is 4. The van der Waals surface area contributed by atoms with Gasteiger partial charge >= 0.3 is 0 Å². The molecule has 4 heteroatoms. The summed E-state index contributed by atoms with van der Waals surface area (Å²) in [6.45, 7) is 6.42. The predicted octanol–water partition coefficient (Wildman–Crippen LogP) is 3.65. The molecule has 1 aliphatic rings. The zero-order valence-electron chi connectivity index (χ0n) is 15.8. The zero-order chi connectivity index (χ0) is 18.7. The molecule has 0 bridgehead atoms. The van der Waals surface area contributed by atoms with Gasteiger partial charge < -0.3 is 15.0 Å². The first kappa shape index (κ1) is 19.3. The van der Waals surface area contributed by atoms with E-state index in [1.807, 2.05) is 60.7 Å². The molecule has 2 aromatic carbocycles. The molecule has 142 valence electrons. The molecule has 2 aromatic rings. The van der Waals surface area contributed by atoms with Crippen LogP contribution in [0.15, 0.2) is 60.7 Å². The van der Waals surface area contributed by atoms with Gasteiger partial charge in [0.2, 0.25) is 0 Å². The molecule has 1 N–H and O–H groups in total. The molecule has 0 radical (unpaired) electrons. The normalized spacial score (nSPS) is 15.1. The quantitative estimate of drug-likeness (QED) is 0.419. The molecule has 1 heterocycles. The molecule has 0 unspecified atom stereocenters. The standard InChI is InChI=1S/C23H28N2O2/c26-23(21-6-2-1-3-7-21)13-10-20-8-11-22(12-9-20)27-19-5-4-16-25-17-14-24-15-18-25/h1-3,6-13,24H,4-5,14-19H2/b13-10+. The van der Waals surface area contributed by atoms with Crippen LogP contribution in [-0.2, 0) is 0 Å². The van der Waals surface area contributed by atoms with Gasteiger partial charge in [-0.1, -0.05) is 48.5 Å². The average Bonchev–Trinajstić information content (AvgIpc) is 2.74. The Kier molecular flexibility index (Phi) is 7.63. The third kappa shape index (κ3) is 6.66. The molecule has 1 saturated heterocycles. The molecule has 27 heavy (non-hydrogen) atoms. The maximum absolute atomic E-state index is 12.1. The number of nitrogens with zero attached hydrogens (tertiary/aromatic N) is 1. The van der Waals surface area contributed by atoms with Gasteiger partial charge in [0.25, 0.3) is 0 Å². The van der Waals surface area contributed by atoms with E-state index in [1.54, 1.807) is 6.08 Å². The second kappa shape index (κ2) is 10.7. The van der Waals surface area contributed by atoms with Crippen molar-refractivity contribution in [2.75, 3.05) is 39.3 Å². The first-order chi connectivity index (χ1) is 13.3. The fourth-order valence-electron chi connectivity index (χ4n) is 3.11. The van der Waals surface area contributed by atoms with Crippen LogP contribution < -0.4 is 10.1 Å². The van der Waals surface area contributed by atoms with Crippen molar-refractivity contribution in [3.8, 4) is 5.75 Å². The summed E-state index contributed by atoms with van der Waals surface area (Å²) in [5.41, 5.74) is 1.69. The summed E-state index contributed by atoms with van der Waals surface area (Å²) in [4.78, 5) is 14.6. The number of nitrogens with one attached hydrogen (secondary N) is 1. The van der Waals surface area contributed by atoms with Crippen molar-refractivity contribution in [3.05, 3.63) is 71.8 Å². The van der Waals surface area contributed by atoms with Crippen LogP contribution in [0.2, 0.25) is 0 Å². The lowest BCUT2D eigenvalue weighted by molar-refractivity contribution is 0.104. The van der Waals surface area contributed by atoms with Crippen molar-refractivity contribution in [2.45, 2.75) is 12.8 Å². The van der Waals surface area contributed by atoms with Crippen LogP contribution in [0.3, 0.4) is 0 Å². The average molecular weight is 364 g/mol. The van der Waals surface area contributed by atoms with Crippen LogP contribution in [0.1, 0.15) is 28.8 Å². The summed E-state index contributed by atoms with van der Waals surface area (Å²) in [7, 11) is 0. The van der Waals surface area contributed by atoms with Crippen LogP contribution >= 0.6 is 0 Å². The maximum atomic E-state index is 12.1. The molecule has 0 aromatic heterocycles. The van der Waals surface area contributed by atoms with Crippen molar-refractivity contribution in [3.63, 3.8) is 0 Å². The fraction of sp³-hybridized carbons (Fsp3) is 0.348.